The summed E-state index contributed by atoms with van der Waals surface area (Å²) in [5.41, 5.74) is 0.692. The van der Waals surface area contributed by atoms with Crippen molar-refractivity contribution in [1.82, 2.24) is 9.55 Å². The van der Waals surface area contributed by atoms with Gasteiger partial charge in [0.1, 0.15) is 6.61 Å². The van der Waals surface area contributed by atoms with E-state index in [0.717, 1.165) is 5.39 Å². The molecule has 6 nitrogen and oxygen atoms in total. The lowest BCUT2D eigenvalue weighted by molar-refractivity contribution is -0.169. The van der Waals surface area contributed by atoms with E-state index in [4.69, 9.17) is 7.44 Å². The summed E-state index contributed by atoms with van der Waals surface area (Å²) in [5, 5.41) is 11.3. The third-order valence-corrected chi connectivity index (χ3v) is 4.94. The Morgan fingerprint density at radius 3 is 2.93 bits per heavy atom. The van der Waals surface area contributed by atoms with Gasteiger partial charge in [-0.05, 0) is 26.4 Å². The average Bonchev–Trinajstić information content (AvgIpc) is 3.05. The fraction of sp³-hybridized carbons (Fsp3) is 0.250. The fourth-order valence-corrected chi connectivity index (χ4v) is 3.58. The van der Waals surface area contributed by atoms with Crippen molar-refractivity contribution in [3.63, 3.8) is 0 Å². The molecule has 142 valence electrons. The molecule has 0 amide bonds. The molecule has 28 heavy (non-hydrogen) atoms. The molecule has 4 heterocycles. The van der Waals surface area contributed by atoms with E-state index in [9.17, 15) is 14.7 Å². The number of fused-ring (bicyclic) bond motifs is 5. The summed E-state index contributed by atoms with van der Waals surface area (Å²) in [4.78, 5) is 29.5. The molecule has 0 saturated heterocycles. The number of carbonyl (C=O) groups excluding carboxylic acids is 1. The number of aromatic nitrogens is 2. The molecule has 0 bridgehead atoms. The zero-order valence-corrected chi connectivity index (χ0v) is 16.3. The molecule has 0 aliphatic carbocycles. The molecule has 0 fully saturated rings. The van der Waals surface area contributed by atoms with Gasteiger partial charge in [0.05, 0.1) is 30.4 Å². The van der Waals surface area contributed by atoms with E-state index in [0.29, 0.717) is 28.5 Å². The minimum Gasteiger partial charge on any atom is -0.458 e. The summed E-state index contributed by atoms with van der Waals surface area (Å²) in [7, 11) is 0. The number of esters is 1. The smallest absolute Gasteiger partial charge is 0.342 e. The lowest BCUT2D eigenvalue weighted by atomic mass is 9.90. The molecule has 1 aromatic carbocycles. The Labute approximate surface area is 170 Å². The summed E-state index contributed by atoms with van der Waals surface area (Å²) in [6, 6.07) is 9.31. The van der Waals surface area contributed by atoms with Crippen LogP contribution in [0.1, 0.15) is 25.0 Å². The number of nitrogens with zero attached hydrogens (tertiary/aromatic N) is 2. The first kappa shape index (κ1) is 16.4. The number of thiol groups is 1. The predicted octanol–water partition coefficient (Wildman–Crippen LogP) is 2.01. The number of pyridine rings is 2. The van der Waals surface area contributed by atoms with Crippen LogP contribution in [0.4, 0.5) is 0 Å². The Morgan fingerprint density at radius 1 is 1.46 bits per heavy atom. The van der Waals surface area contributed by atoms with Gasteiger partial charge in [-0.3, -0.25) is 4.79 Å². The van der Waals surface area contributed by atoms with Gasteiger partial charge in [-0.1, -0.05) is 25.0 Å². The van der Waals surface area contributed by atoms with Crippen molar-refractivity contribution in [2.75, 3.05) is 0 Å². The van der Waals surface area contributed by atoms with Crippen LogP contribution in [0.2, 0.25) is 6.82 Å². The maximum absolute atomic E-state index is 12.9. The maximum Gasteiger partial charge on any atom is 0.342 e. The number of hydrogen-bond acceptors (Lipinski definition) is 6. The second-order valence-electron chi connectivity index (χ2n) is 6.80. The van der Waals surface area contributed by atoms with Gasteiger partial charge in [-0.15, -0.1) is 0 Å². The van der Waals surface area contributed by atoms with Crippen molar-refractivity contribution in [2.24, 2.45) is 0 Å². The standard InChI is InChI=1S/C19H14N2O4.CH5BS/c1-19(24)13-7-15-16-11(6-10-4-2-3-5-14(10)20-16)8-21(15)17(22)12(13)9-25-18(19)23;1-2-3/h2-7,24H,8-9H2,1H3;2-3H,1H3/t19-;/m0./s1/i6T;2D. The highest BCUT2D eigenvalue weighted by molar-refractivity contribution is 8.06. The number of ether oxygens (including phenoxy) is 1. The van der Waals surface area contributed by atoms with E-state index in [1.54, 1.807) is 12.9 Å². The van der Waals surface area contributed by atoms with Crippen LogP contribution in [0.3, 0.4) is 0 Å². The molecular weight excluding hydrogens is 375 g/mol. The first-order chi connectivity index (χ1) is 14.1. The quantitative estimate of drug-likeness (QED) is 0.270. The van der Waals surface area contributed by atoms with Crippen molar-refractivity contribution in [3.05, 3.63) is 63.4 Å². The lowest BCUT2D eigenvalue weighted by Crippen LogP contribution is -2.42. The van der Waals surface area contributed by atoms with Crippen LogP contribution >= 0.6 is 12.5 Å². The minimum absolute atomic E-state index is 0.164. The van der Waals surface area contributed by atoms with E-state index in [2.05, 4.69) is 17.5 Å². The van der Waals surface area contributed by atoms with E-state index < -0.39 is 11.6 Å². The zero-order valence-electron chi connectivity index (χ0n) is 17.4. The molecule has 0 radical (unpaired) electrons. The number of para-hydroxylation sites is 1. The van der Waals surface area contributed by atoms with Crippen molar-refractivity contribution in [2.45, 2.75) is 32.5 Å². The van der Waals surface area contributed by atoms with Crippen molar-refractivity contribution < 1.29 is 16.0 Å². The van der Waals surface area contributed by atoms with Crippen LogP contribution in [0.15, 0.2) is 41.2 Å². The predicted molar refractivity (Wildman–Crippen MR) is 112 cm³/mol. The molecular formula is C20H19BN2O4S. The molecule has 0 saturated carbocycles. The topological polar surface area (TPSA) is 81.4 Å². The molecule has 0 unspecified atom stereocenters. The average molecular weight is 397 g/mol. The largest absolute Gasteiger partial charge is 0.458 e. The molecule has 3 aromatic rings. The van der Waals surface area contributed by atoms with Crippen LogP contribution < -0.4 is 5.56 Å². The highest BCUT2D eigenvalue weighted by atomic mass is 32.1. The van der Waals surface area contributed by atoms with Crippen LogP contribution in [0.5, 0.6) is 0 Å². The zero-order chi connectivity index (χ0) is 21.8. The van der Waals surface area contributed by atoms with Crippen LogP contribution in [-0.4, -0.2) is 28.5 Å². The van der Waals surface area contributed by atoms with Gasteiger partial charge >= 0.3 is 5.97 Å². The highest BCUT2D eigenvalue weighted by Crippen LogP contribution is 2.36. The summed E-state index contributed by atoms with van der Waals surface area (Å²) in [6.07, 6.45) is 0. The normalized spacial score (nSPS) is 20.1. The third-order valence-electron chi connectivity index (χ3n) is 4.94. The number of aliphatic hydroxyl groups is 1. The van der Waals surface area contributed by atoms with Crippen molar-refractivity contribution in [1.29, 1.82) is 1.34 Å². The monoisotopic (exact) mass is 397 g/mol. The summed E-state index contributed by atoms with van der Waals surface area (Å²) < 4.78 is 21.4. The van der Waals surface area contributed by atoms with E-state index in [1.807, 2.05) is 24.3 Å². The Bertz CT molecular complexity index is 1260. The molecule has 2 aliphatic heterocycles. The van der Waals surface area contributed by atoms with Gasteiger partial charge in [0.25, 0.3) is 5.56 Å². The lowest BCUT2D eigenvalue weighted by Gasteiger charge is -2.29. The fourth-order valence-electron chi connectivity index (χ4n) is 3.58. The van der Waals surface area contributed by atoms with Crippen molar-refractivity contribution in [3.8, 4) is 11.4 Å². The van der Waals surface area contributed by atoms with Gasteiger partial charge in [0.15, 0.2) is 12.1 Å². The number of hydrogen-bond donors (Lipinski definition) is 2. The van der Waals surface area contributed by atoms with E-state index in [-0.39, 0.29) is 36.4 Å². The number of carbonyl (C=O) groups is 1. The molecule has 8 heteroatoms. The Balaban J connectivity index is 0.000000503. The molecule has 1 atom stereocenters. The molecule has 2 aliphatic rings. The number of rotatable bonds is 0. The van der Waals surface area contributed by atoms with Gasteiger partial charge < -0.3 is 14.4 Å². The molecule has 1 N–H and O–H groups in total. The van der Waals surface area contributed by atoms with Gasteiger partial charge in [-0.25, -0.2) is 22.3 Å². The van der Waals surface area contributed by atoms with E-state index >= 15 is 0 Å². The Hall–Kier alpha value is -2.58. The van der Waals surface area contributed by atoms with E-state index in [1.165, 1.54) is 11.5 Å². The first-order valence-corrected chi connectivity index (χ1v) is 9.30. The van der Waals surface area contributed by atoms with Crippen molar-refractivity contribution >= 4 is 35.9 Å². The Morgan fingerprint density at radius 2 is 2.18 bits per heavy atom. The molecule has 5 rings (SSSR count). The first-order valence-electron chi connectivity index (χ1n) is 9.86. The molecule has 2 aromatic heterocycles. The summed E-state index contributed by atoms with van der Waals surface area (Å²) in [6.45, 7) is 2.87. The number of cyclic esters (lactones) is 1. The van der Waals surface area contributed by atoms with Crippen LogP contribution in [0.25, 0.3) is 22.3 Å². The Kier molecular flexibility index (Phi) is 3.97. The van der Waals surface area contributed by atoms with Gasteiger partial charge in [-0.2, -0.15) is 0 Å². The van der Waals surface area contributed by atoms with Crippen LogP contribution in [-0.2, 0) is 28.3 Å². The summed E-state index contributed by atoms with van der Waals surface area (Å²) >= 11 is 3.63. The second-order valence-corrected chi connectivity index (χ2v) is 7.32. The van der Waals surface area contributed by atoms with Crippen LogP contribution in [0, 0.1) is 0 Å². The van der Waals surface area contributed by atoms with Gasteiger partial charge in [0, 0.05) is 16.5 Å². The third kappa shape index (κ3) is 2.75. The molecule has 0 spiro atoms. The summed E-state index contributed by atoms with van der Waals surface area (Å²) in [5.74, 6) is -0.778. The number of benzene rings is 1. The highest BCUT2D eigenvalue weighted by Gasteiger charge is 2.42. The minimum atomic E-state index is -1.88. The van der Waals surface area contributed by atoms with Gasteiger partial charge in [0.2, 0.25) is 0 Å². The maximum atomic E-state index is 12.9. The second kappa shape index (κ2) is 6.79. The SMILES string of the molecule is [2H]B(C)S.[3H]c1c2c(nc3ccccc13)-c1cc3c(c(=O)n1C2)COC(=O)[C@@]3(C)O.